The van der Waals surface area contributed by atoms with E-state index in [9.17, 15) is 19.2 Å². The van der Waals surface area contributed by atoms with E-state index in [1.807, 2.05) is 10.9 Å². The van der Waals surface area contributed by atoms with Gasteiger partial charge in [0, 0.05) is 23.3 Å². The number of hydroxylamine groups is 2. The molecule has 0 aliphatic heterocycles. The monoisotopic (exact) mass is 458 g/mol. The highest BCUT2D eigenvalue weighted by molar-refractivity contribution is 5.95. The molecule has 2 aromatic rings. The molecule has 176 valence electrons. The Morgan fingerprint density at radius 1 is 0.697 bits per heavy atom. The van der Waals surface area contributed by atoms with Gasteiger partial charge in [-0.05, 0) is 47.5 Å². The SMILES string of the molecule is C.NNC(=O)c1ccc(/C=C/C(=O)NO)cc1.NNC(=O)c1cccc(/C=C/C(=O)NO)c1. The van der Waals surface area contributed by atoms with Crippen LogP contribution in [-0.2, 0) is 9.59 Å². The number of nitrogen functional groups attached to an aromatic ring is 2. The van der Waals surface area contributed by atoms with E-state index in [0.29, 0.717) is 16.7 Å². The highest BCUT2D eigenvalue weighted by atomic mass is 16.5. The lowest BCUT2D eigenvalue weighted by atomic mass is 10.1. The number of hydrogen-bond donors (Lipinski definition) is 8. The molecule has 2 aromatic carbocycles. The first-order chi connectivity index (χ1) is 15.3. The van der Waals surface area contributed by atoms with Gasteiger partial charge in [0.1, 0.15) is 0 Å². The smallest absolute Gasteiger partial charge is 0.267 e. The van der Waals surface area contributed by atoms with Gasteiger partial charge in [-0.25, -0.2) is 22.6 Å². The maximum atomic E-state index is 11.2. The zero-order valence-electron chi connectivity index (χ0n) is 16.6. The number of carbonyl (C=O) groups excluding carboxylic acids is 4. The van der Waals surface area contributed by atoms with Gasteiger partial charge in [0.15, 0.2) is 0 Å². The summed E-state index contributed by atoms with van der Waals surface area (Å²) in [5, 5.41) is 16.5. The Morgan fingerprint density at radius 2 is 1.18 bits per heavy atom. The molecule has 4 amide bonds. The first kappa shape index (κ1) is 28.6. The van der Waals surface area contributed by atoms with Gasteiger partial charge in [-0.15, -0.1) is 0 Å². The van der Waals surface area contributed by atoms with Crippen LogP contribution in [-0.4, -0.2) is 34.0 Å². The Hall–Kier alpha value is -4.36. The minimum Gasteiger partial charge on any atom is -0.290 e. The van der Waals surface area contributed by atoms with Crippen LogP contribution in [0, 0.1) is 0 Å². The van der Waals surface area contributed by atoms with E-state index in [-0.39, 0.29) is 13.3 Å². The van der Waals surface area contributed by atoms with E-state index < -0.39 is 17.7 Å². The molecule has 0 heterocycles. The molecule has 0 spiro atoms. The minimum absolute atomic E-state index is 0. The summed E-state index contributed by atoms with van der Waals surface area (Å²) in [6, 6.07) is 12.9. The molecule has 33 heavy (non-hydrogen) atoms. The summed E-state index contributed by atoms with van der Waals surface area (Å²) in [6.45, 7) is 0. The molecular formula is C21H26N6O6. The number of hydrazine groups is 2. The normalized spacial score (nSPS) is 9.82. The van der Waals surface area contributed by atoms with Crippen LogP contribution in [0.25, 0.3) is 12.2 Å². The number of hydrogen-bond acceptors (Lipinski definition) is 8. The Balaban J connectivity index is 0.000000602. The minimum atomic E-state index is -0.645. The van der Waals surface area contributed by atoms with Crippen LogP contribution in [0.2, 0.25) is 0 Å². The number of rotatable bonds is 6. The van der Waals surface area contributed by atoms with Gasteiger partial charge in [-0.1, -0.05) is 31.7 Å². The molecule has 0 saturated carbocycles. The van der Waals surface area contributed by atoms with Crippen molar-refractivity contribution in [1.82, 2.24) is 21.8 Å². The Bertz CT molecular complexity index is 1000. The molecule has 0 unspecified atom stereocenters. The van der Waals surface area contributed by atoms with Crippen molar-refractivity contribution in [3.8, 4) is 0 Å². The zero-order chi connectivity index (χ0) is 23.9. The molecule has 0 radical (unpaired) electrons. The molecule has 0 aliphatic carbocycles. The second kappa shape index (κ2) is 15.4. The fourth-order valence-corrected chi connectivity index (χ4v) is 2.11. The molecule has 0 atom stereocenters. The van der Waals surface area contributed by atoms with Gasteiger partial charge in [-0.3, -0.25) is 40.4 Å². The molecular weight excluding hydrogens is 432 g/mol. The van der Waals surface area contributed by atoms with Crippen LogP contribution in [0.15, 0.2) is 60.7 Å². The molecule has 12 nitrogen and oxygen atoms in total. The third kappa shape index (κ3) is 10.5. The number of carbonyl (C=O) groups is 4. The van der Waals surface area contributed by atoms with Gasteiger partial charge in [0.05, 0.1) is 0 Å². The van der Waals surface area contributed by atoms with Gasteiger partial charge in [0.2, 0.25) is 0 Å². The highest BCUT2D eigenvalue weighted by Crippen LogP contribution is 2.07. The van der Waals surface area contributed by atoms with Crippen molar-refractivity contribution in [2.24, 2.45) is 11.7 Å². The molecule has 0 fully saturated rings. The van der Waals surface area contributed by atoms with Gasteiger partial charge in [-0.2, -0.15) is 0 Å². The number of nitrogens with one attached hydrogen (secondary N) is 4. The molecule has 0 saturated heterocycles. The Morgan fingerprint density at radius 3 is 1.67 bits per heavy atom. The molecule has 2 rings (SSSR count). The summed E-state index contributed by atoms with van der Waals surface area (Å²) in [6.07, 6.45) is 5.26. The number of amides is 4. The van der Waals surface area contributed by atoms with Crippen molar-refractivity contribution < 1.29 is 29.6 Å². The predicted molar refractivity (Wildman–Crippen MR) is 121 cm³/mol. The number of nitrogens with two attached hydrogens (primary N) is 2. The summed E-state index contributed by atoms with van der Waals surface area (Å²) in [5.74, 6) is 7.88. The maximum absolute atomic E-state index is 11.2. The standard InChI is InChI=1S/2C10H11N3O3.CH4/c11-12-10(15)8-4-1-7(2-5-8)3-6-9(14)13-16;11-12-10(15)8-3-1-2-7(6-8)4-5-9(14)13-16;/h2*1-6,16H,11H2,(H,12,15)(H,13,14);1H4/b6-3+;5-4+;. The van der Waals surface area contributed by atoms with Crippen molar-refractivity contribution in [3.63, 3.8) is 0 Å². The lowest BCUT2D eigenvalue weighted by Crippen LogP contribution is -2.29. The number of benzene rings is 2. The molecule has 12 heteroatoms. The summed E-state index contributed by atoms with van der Waals surface area (Å²) in [4.78, 5) is 43.7. The van der Waals surface area contributed by atoms with Crippen LogP contribution in [0.4, 0.5) is 0 Å². The van der Waals surface area contributed by atoms with E-state index in [0.717, 1.165) is 17.7 Å². The molecule has 10 N–H and O–H groups in total. The van der Waals surface area contributed by atoms with E-state index in [1.165, 1.54) is 23.1 Å². The average Bonchev–Trinajstić information content (AvgIpc) is 2.85. The predicted octanol–water partition coefficient (Wildman–Crippen LogP) is 0.254. The van der Waals surface area contributed by atoms with Crippen LogP contribution in [0.1, 0.15) is 39.3 Å². The summed E-state index contributed by atoms with van der Waals surface area (Å²) in [7, 11) is 0. The largest absolute Gasteiger partial charge is 0.290 e. The summed E-state index contributed by atoms with van der Waals surface area (Å²) >= 11 is 0. The van der Waals surface area contributed by atoms with Crippen molar-refractivity contribution >= 4 is 35.8 Å². The topological polar surface area (TPSA) is 209 Å². The lowest BCUT2D eigenvalue weighted by Gasteiger charge is -2.00. The van der Waals surface area contributed by atoms with E-state index in [1.54, 1.807) is 48.5 Å². The summed E-state index contributed by atoms with van der Waals surface area (Å²) in [5.41, 5.74) is 9.10. The fourth-order valence-electron chi connectivity index (χ4n) is 2.11. The third-order valence-corrected chi connectivity index (χ3v) is 3.66. The quantitative estimate of drug-likeness (QED) is 0.0986. The van der Waals surface area contributed by atoms with E-state index >= 15 is 0 Å². The first-order valence-corrected chi connectivity index (χ1v) is 8.81. The van der Waals surface area contributed by atoms with Crippen molar-refractivity contribution in [2.45, 2.75) is 7.43 Å². The lowest BCUT2D eigenvalue weighted by molar-refractivity contribution is -0.124. The second-order valence-corrected chi connectivity index (χ2v) is 5.81. The van der Waals surface area contributed by atoms with E-state index in [2.05, 4.69) is 0 Å². The molecule has 0 aromatic heterocycles. The average molecular weight is 458 g/mol. The van der Waals surface area contributed by atoms with Crippen molar-refractivity contribution in [3.05, 3.63) is 82.9 Å². The molecule has 0 aliphatic rings. The van der Waals surface area contributed by atoms with Crippen molar-refractivity contribution in [2.75, 3.05) is 0 Å². The van der Waals surface area contributed by atoms with E-state index in [4.69, 9.17) is 22.1 Å². The van der Waals surface area contributed by atoms with Crippen LogP contribution in [0.5, 0.6) is 0 Å². The fraction of sp³-hybridized carbons (Fsp3) is 0.0476. The Labute approximate surface area is 189 Å². The van der Waals surface area contributed by atoms with Crippen LogP contribution in [0.3, 0.4) is 0 Å². The van der Waals surface area contributed by atoms with Gasteiger partial charge >= 0.3 is 0 Å². The van der Waals surface area contributed by atoms with Crippen LogP contribution < -0.4 is 33.5 Å². The zero-order valence-corrected chi connectivity index (χ0v) is 16.6. The maximum Gasteiger partial charge on any atom is 0.267 e. The van der Waals surface area contributed by atoms with Gasteiger partial charge < -0.3 is 0 Å². The summed E-state index contributed by atoms with van der Waals surface area (Å²) < 4.78 is 0. The van der Waals surface area contributed by atoms with Crippen LogP contribution >= 0.6 is 0 Å². The van der Waals surface area contributed by atoms with Crippen molar-refractivity contribution in [1.29, 1.82) is 0 Å². The highest BCUT2D eigenvalue weighted by Gasteiger charge is 2.03. The third-order valence-electron chi connectivity index (χ3n) is 3.66. The first-order valence-electron chi connectivity index (χ1n) is 8.81. The van der Waals surface area contributed by atoms with Gasteiger partial charge in [0.25, 0.3) is 23.6 Å². The second-order valence-electron chi connectivity index (χ2n) is 5.81. The molecule has 0 bridgehead atoms. The Kier molecular flexibility index (Phi) is 13.4.